The van der Waals surface area contributed by atoms with Gasteiger partial charge >= 0.3 is 5.97 Å². The van der Waals surface area contributed by atoms with Crippen LogP contribution in [0.3, 0.4) is 0 Å². The number of rotatable bonds is 7. The number of oxazole rings is 1. The van der Waals surface area contributed by atoms with E-state index in [9.17, 15) is 4.79 Å². The molecular weight excluding hydrogens is 400 g/mol. The van der Waals surface area contributed by atoms with Crippen LogP contribution in [0.1, 0.15) is 36.3 Å². The van der Waals surface area contributed by atoms with Gasteiger partial charge in [0.25, 0.3) is 0 Å². The topological polar surface area (TPSA) is 64.8 Å². The molecular formula is C23H26N2O4S. The zero-order chi connectivity index (χ0) is 20.9. The molecule has 0 unspecified atom stereocenters. The van der Waals surface area contributed by atoms with Crippen molar-refractivity contribution in [2.24, 2.45) is 0 Å². The average Bonchev–Trinajstić information content (AvgIpc) is 3.42. The van der Waals surface area contributed by atoms with Crippen LogP contribution in [0.2, 0.25) is 0 Å². The summed E-state index contributed by atoms with van der Waals surface area (Å²) in [5.74, 6) is 2.03. The third-order valence-electron chi connectivity index (χ3n) is 5.37. The van der Waals surface area contributed by atoms with Crippen LogP contribution < -0.4 is 4.74 Å². The number of aryl methyl sites for hydroxylation is 1. The van der Waals surface area contributed by atoms with Gasteiger partial charge in [0, 0.05) is 6.54 Å². The number of esters is 1. The smallest absolute Gasteiger partial charge is 0.323 e. The van der Waals surface area contributed by atoms with Crippen LogP contribution in [0.5, 0.6) is 5.75 Å². The minimum atomic E-state index is -0.165. The Morgan fingerprint density at radius 2 is 2.20 bits per heavy atom. The Balaban J connectivity index is 1.41. The standard InChI is InChI=1S/C23H26N2O4S/c1-16-19(24-22(29-16)21-10-6-12-30-21)15-28-18-8-5-7-17(13-18)14-25-11-4-3-9-20(25)23(26)27-2/h5-8,10,12-13,20H,3-4,9,11,14-15H2,1-2H3/t20-/m1/s1. The van der Waals surface area contributed by atoms with Crippen LogP contribution in [0.4, 0.5) is 0 Å². The van der Waals surface area contributed by atoms with E-state index < -0.39 is 0 Å². The largest absolute Gasteiger partial charge is 0.487 e. The summed E-state index contributed by atoms with van der Waals surface area (Å²) in [7, 11) is 1.46. The second kappa shape index (κ2) is 9.45. The molecule has 1 fully saturated rings. The van der Waals surface area contributed by atoms with E-state index in [4.69, 9.17) is 13.9 Å². The first-order valence-electron chi connectivity index (χ1n) is 10.2. The number of hydrogen-bond acceptors (Lipinski definition) is 7. The molecule has 0 amide bonds. The highest BCUT2D eigenvalue weighted by molar-refractivity contribution is 7.13. The van der Waals surface area contributed by atoms with E-state index in [1.54, 1.807) is 11.3 Å². The van der Waals surface area contributed by atoms with Crippen molar-refractivity contribution < 1.29 is 18.7 Å². The molecule has 6 nitrogen and oxygen atoms in total. The lowest BCUT2D eigenvalue weighted by atomic mass is 10.0. The molecule has 4 rings (SSSR count). The van der Waals surface area contributed by atoms with Crippen LogP contribution in [-0.4, -0.2) is 35.5 Å². The van der Waals surface area contributed by atoms with Gasteiger partial charge in [0.1, 0.15) is 29.9 Å². The van der Waals surface area contributed by atoms with Crippen LogP contribution in [0, 0.1) is 6.92 Å². The molecule has 158 valence electrons. The third kappa shape index (κ3) is 4.74. The van der Waals surface area contributed by atoms with Gasteiger partial charge in [0.05, 0.1) is 12.0 Å². The van der Waals surface area contributed by atoms with Gasteiger partial charge in [-0.05, 0) is 55.5 Å². The molecule has 1 aromatic carbocycles. The van der Waals surface area contributed by atoms with Gasteiger partial charge in [0.2, 0.25) is 5.89 Å². The van der Waals surface area contributed by atoms with E-state index in [0.29, 0.717) is 19.0 Å². The van der Waals surface area contributed by atoms with Crippen molar-refractivity contribution in [3.8, 4) is 16.5 Å². The molecule has 1 atom stereocenters. The van der Waals surface area contributed by atoms with E-state index in [1.165, 1.54) is 7.11 Å². The summed E-state index contributed by atoms with van der Waals surface area (Å²) >= 11 is 1.60. The van der Waals surface area contributed by atoms with Gasteiger partial charge < -0.3 is 13.9 Å². The number of nitrogens with zero attached hydrogens (tertiary/aromatic N) is 2. The quantitative estimate of drug-likeness (QED) is 0.505. The summed E-state index contributed by atoms with van der Waals surface area (Å²) in [6.07, 6.45) is 3.01. The highest BCUT2D eigenvalue weighted by Crippen LogP contribution is 2.27. The van der Waals surface area contributed by atoms with E-state index in [1.807, 2.05) is 42.6 Å². The summed E-state index contributed by atoms with van der Waals surface area (Å²) in [6, 6.07) is 11.8. The number of thiophene rings is 1. The number of carbonyl (C=O) groups excluding carboxylic acids is 1. The second-order valence-corrected chi connectivity index (χ2v) is 8.39. The van der Waals surface area contributed by atoms with Crippen LogP contribution in [0.15, 0.2) is 46.2 Å². The first kappa shape index (κ1) is 20.6. The number of piperidine rings is 1. The molecule has 1 aliphatic heterocycles. The normalized spacial score (nSPS) is 17.1. The molecule has 0 spiro atoms. The summed E-state index contributed by atoms with van der Waals surface area (Å²) in [5.41, 5.74) is 1.91. The van der Waals surface area contributed by atoms with Crippen molar-refractivity contribution >= 4 is 17.3 Å². The van der Waals surface area contributed by atoms with Gasteiger partial charge in [-0.25, -0.2) is 4.98 Å². The Hall–Kier alpha value is -2.64. The van der Waals surface area contributed by atoms with Crippen molar-refractivity contribution in [3.05, 3.63) is 58.8 Å². The molecule has 0 radical (unpaired) electrons. The minimum Gasteiger partial charge on any atom is -0.487 e. The van der Waals surface area contributed by atoms with E-state index in [0.717, 1.165) is 53.5 Å². The fourth-order valence-corrected chi connectivity index (χ4v) is 4.42. The molecule has 3 aromatic rings. The molecule has 1 saturated heterocycles. The number of likely N-dealkylation sites (tertiary alicyclic amines) is 1. The summed E-state index contributed by atoms with van der Waals surface area (Å²) in [6.45, 7) is 3.85. The maximum Gasteiger partial charge on any atom is 0.323 e. The molecule has 7 heteroatoms. The monoisotopic (exact) mass is 426 g/mol. The highest BCUT2D eigenvalue weighted by Gasteiger charge is 2.29. The molecule has 30 heavy (non-hydrogen) atoms. The molecule has 0 N–H and O–H groups in total. The number of aromatic nitrogens is 1. The molecule has 0 aliphatic carbocycles. The molecule has 3 heterocycles. The van der Waals surface area contributed by atoms with Crippen molar-refractivity contribution in [3.63, 3.8) is 0 Å². The van der Waals surface area contributed by atoms with Crippen molar-refractivity contribution in [1.82, 2.24) is 9.88 Å². The SMILES string of the molecule is COC(=O)[C@H]1CCCCN1Cc1cccc(OCc2nc(-c3cccs3)oc2C)c1. The second-order valence-electron chi connectivity index (χ2n) is 7.44. The zero-order valence-electron chi connectivity index (χ0n) is 17.3. The molecule has 0 bridgehead atoms. The zero-order valence-corrected chi connectivity index (χ0v) is 18.1. The van der Waals surface area contributed by atoms with E-state index in [-0.39, 0.29) is 12.0 Å². The summed E-state index contributed by atoms with van der Waals surface area (Å²) in [5, 5.41) is 2.00. The van der Waals surface area contributed by atoms with Gasteiger partial charge in [-0.1, -0.05) is 24.6 Å². The highest BCUT2D eigenvalue weighted by atomic mass is 32.1. The molecule has 2 aromatic heterocycles. The minimum absolute atomic E-state index is 0.148. The van der Waals surface area contributed by atoms with Crippen LogP contribution in [-0.2, 0) is 22.7 Å². The number of hydrogen-bond donors (Lipinski definition) is 0. The molecule has 1 aliphatic rings. The predicted octanol–water partition coefficient (Wildman–Crippen LogP) is 4.82. The van der Waals surface area contributed by atoms with E-state index >= 15 is 0 Å². The lowest BCUT2D eigenvalue weighted by Crippen LogP contribution is -2.44. The van der Waals surface area contributed by atoms with Crippen molar-refractivity contribution in [1.29, 1.82) is 0 Å². The van der Waals surface area contributed by atoms with Crippen LogP contribution in [0.25, 0.3) is 10.8 Å². The number of methoxy groups -OCH3 is 1. The Morgan fingerprint density at radius 1 is 1.30 bits per heavy atom. The van der Waals surface area contributed by atoms with Gasteiger partial charge in [0.15, 0.2) is 0 Å². The predicted molar refractivity (Wildman–Crippen MR) is 115 cm³/mol. The lowest BCUT2D eigenvalue weighted by molar-refractivity contribution is -0.148. The third-order valence-corrected chi connectivity index (χ3v) is 6.23. The fraction of sp³-hybridized carbons (Fsp3) is 0.391. The Bertz CT molecular complexity index is 983. The summed E-state index contributed by atoms with van der Waals surface area (Å²) < 4.78 is 16.8. The van der Waals surface area contributed by atoms with Gasteiger partial charge in [-0.2, -0.15) is 0 Å². The number of benzene rings is 1. The Morgan fingerprint density at radius 3 is 3.00 bits per heavy atom. The van der Waals surface area contributed by atoms with E-state index in [2.05, 4.69) is 16.0 Å². The fourth-order valence-electron chi connectivity index (χ4n) is 3.77. The van der Waals surface area contributed by atoms with Gasteiger partial charge in [-0.15, -0.1) is 11.3 Å². The first-order chi connectivity index (χ1) is 14.6. The van der Waals surface area contributed by atoms with Crippen LogP contribution >= 0.6 is 11.3 Å². The average molecular weight is 427 g/mol. The number of ether oxygens (including phenoxy) is 2. The summed E-state index contributed by atoms with van der Waals surface area (Å²) in [4.78, 5) is 19.9. The van der Waals surface area contributed by atoms with Crippen molar-refractivity contribution in [2.75, 3.05) is 13.7 Å². The maximum absolute atomic E-state index is 12.1. The van der Waals surface area contributed by atoms with Gasteiger partial charge in [-0.3, -0.25) is 9.69 Å². The van der Waals surface area contributed by atoms with Crippen molar-refractivity contribution in [2.45, 2.75) is 45.4 Å². The first-order valence-corrected chi connectivity index (χ1v) is 11.1. The maximum atomic E-state index is 12.1. The lowest BCUT2D eigenvalue weighted by Gasteiger charge is -2.33. The number of carbonyl (C=O) groups is 1. The Kier molecular flexibility index (Phi) is 6.50. The Labute approximate surface area is 180 Å². The molecule has 0 saturated carbocycles.